The van der Waals surface area contributed by atoms with Gasteiger partial charge >= 0.3 is 0 Å². The first-order valence-electron chi connectivity index (χ1n) is 10.8. The number of rotatable bonds is 3. The summed E-state index contributed by atoms with van der Waals surface area (Å²) < 4.78 is 0.869. The molecule has 3 aromatic rings. The number of hydrogen-bond donors (Lipinski definition) is 1. The van der Waals surface area contributed by atoms with Gasteiger partial charge in [0.1, 0.15) is 16.3 Å². The summed E-state index contributed by atoms with van der Waals surface area (Å²) in [6, 6.07) is 21.9. The first-order valence-corrected chi connectivity index (χ1v) is 12.3. The van der Waals surface area contributed by atoms with Crippen molar-refractivity contribution in [1.29, 1.82) is 0 Å². The third-order valence-electron chi connectivity index (χ3n) is 7.11. The zero-order chi connectivity index (χ0) is 23.8. The first kappa shape index (κ1) is 21.8. The number of nitrogens with one attached hydrogen (secondary N) is 1. The molecule has 3 aliphatic carbocycles. The molecule has 1 saturated heterocycles. The Balaban J connectivity index is 1.42. The summed E-state index contributed by atoms with van der Waals surface area (Å²) in [5.41, 5.74) is 3.48. The van der Waals surface area contributed by atoms with Gasteiger partial charge in [0.25, 0.3) is 0 Å². The van der Waals surface area contributed by atoms with Crippen LogP contribution < -0.4 is 5.32 Å². The molecule has 1 N–H and O–H groups in total. The molecule has 7 rings (SSSR count). The number of carbonyl (C=O) groups is 3. The van der Waals surface area contributed by atoms with Crippen molar-refractivity contribution in [3.63, 3.8) is 0 Å². The summed E-state index contributed by atoms with van der Waals surface area (Å²) in [7, 11) is 0. The number of hydrogen-bond acceptors (Lipinski definition) is 3. The highest BCUT2D eigenvalue weighted by molar-refractivity contribution is 9.10. The van der Waals surface area contributed by atoms with Crippen LogP contribution in [0.25, 0.3) is 0 Å². The molecule has 170 valence electrons. The van der Waals surface area contributed by atoms with Crippen molar-refractivity contribution >= 4 is 62.5 Å². The average Bonchev–Trinajstić information content (AvgIpc) is 3.10. The van der Waals surface area contributed by atoms with Gasteiger partial charge in [-0.1, -0.05) is 64.5 Å². The predicted molar refractivity (Wildman–Crippen MR) is 133 cm³/mol. The standard InChI is InChI=1S/C26H17BrCl2N2O3/c27-14-9-11-15(12-10-14)30-20(32)13-31-23(33)21-22(24(31)34)26(29)17-6-2-1-5-16(17)25(21,28)18-7-3-4-8-19(18)26/h1-12,21-22H,13H2,(H,30,32)/t21-,22-,25?,26?/m0/s1. The number of amides is 3. The molecule has 2 atom stereocenters. The SMILES string of the molecule is O=C(CN1C(=O)[C@@H]2[C@@H](C1=O)C1(Cl)c3ccccc3C2(Cl)c2ccccc21)Nc1ccc(Br)cc1. The second kappa shape index (κ2) is 7.41. The maximum Gasteiger partial charge on any atom is 0.244 e. The smallest absolute Gasteiger partial charge is 0.244 e. The number of anilines is 1. The molecular weight excluding hydrogens is 539 g/mol. The number of benzene rings is 3. The minimum absolute atomic E-state index is 0.409. The Bertz CT molecular complexity index is 1270. The molecule has 4 aliphatic rings. The zero-order valence-electron chi connectivity index (χ0n) is 17.6. The van der Waals surface area contributed by atoms with E-state index < -0.39 is 45.9 Å². The van der Waals surface area contributed by atoms with Crippen molar-refractivity contribution < 1.29 is 14.4 Å². The highest BCUT2D eigenvalue weighted by Gasteiger charge is 2.73. The van der Waals surface area contributed by atoms with Gasteiger partial charge in [0.2, 0.25) is 17.7 Å². The summed E-state index contributed by atoms with van der Waals surface area (Å²) in [4.78, 5) is 38.7. The highest BCUT2D eigenvalue weighted by Crippen LogP contribution is 2.69. The van der Waals surface area contributed by atoms with E-state index >= 15 is 0 Å². The van der Waals surface area contributed by atoms with Gasteiger partial charge in [-0.2, -0.15) is 0 Å². The Hall–Kier alpha value is -2.67. The number of nitrogens with zero attached hydrogens (tertiary/aromatic N) is 1. The van der Waals surface area contributed by atoms with E-state index in [0.717, 1.165) is 31.6 Å². The quantitative estimate of drug-likeness (QED) is 0.366. The molecule has 0 unspecified atom stereocenters. The maximum absolute atomic E-state index is 13.7. The summed E-state index contributed by atoms with van der Waals surface area (Å²) in [6.07, 6.45) is 0. The molecule has 0 spiro atoms. The Morgan fingerprint density at radius 1 is 0.794 bits per heavy atom. The zero-order valence-corrected chi connectivity index (χ0v) is 20.7. The summed E-state index contributed by atoms with van der Waals surface area (Å²) in [5, 5.41) is 2.74. The van der Waals surface area contributed by atoms with Crippen molar-refractivity contribution in [1.82, 2.24) is 4.90 Å². The van der Waals surface area contributed by atoms with Crippen LogP contribution in [-0.4, -0.2) is 29.2 Å². The van der Waals surface area contributed by atoms with Crippen LogP contribution in [0.1, 0.15) is 22.3 Å². The van der Waals surface area contributed by atoms with Gasteiger partial charge in [0, 0.05) is 10.2 Å². The van der Waals surface area contributed by atoms with Crippen LogP contribution in [0.3, 0.4) is 0 Å². The fraction of sp³-hybridized carbons (Fsp3) is 0.192. The topological polar surface area (TPSA) is 66.5 Å². The van der Waals surface area contributed by atoms with E-state index in [4.69, 9.17) is 23.2 Å². The normalized spacial score (nSPS) is 28.4. The molecule has 2 bridgehead atoms. The number of likely N-dealkylation sites (tertiary alicyclic amines) is 1. The molecule has 1 fully saturated rings. The van der Waals surface area contributed by atoms with Crippen molar-refractivity contribution in [2.45, 2.75) is 9.75 Å². The molecule has 34 heavy (non-hydrogen) atoms. The number of alkyl halides is 2. The van der Waals surface area contributed by atoms with Crippen LogP contribution in [0.15, 0.2) is 77.3 Å². The van der Waals surface area contributed by atoms with E-state index in [2.05, 4.69) is 21.2 Å². The molecule has 3 amide bonds. The van der Waals surface area contributed by atoms with Crippen LogP contribution >= 0.6 is 39.1 Å². The molecule has 1 aliphatic heterocycles. The summed E-state index contributed by atoms with van der Waals surface area (Å²) in [5.74, 6) is -3.26. The minimum atomic E-state index is -1.25. The Labute approximate surface area is 214 Å². The lowest BCUT2D eigenvalue weighted by Crippen LogP contribution is -2.57. The molecule has 1 heterocycles. The van der Waals surface area contributed by atoms with Crippen LogP contribution in [0.4, 0.5) is 5.69 Å². The second-order valence-corrected chi connectivity index (χ2v) is 10.9. The monoisotopic (exact) mass is 554 g/mol. The lowest BCUT2D eigenvalue weighted by Gasteiger charge is -2.54. The van der Waals surface area contributed by atoms with Crippen LogP contribution in [-0.2, 0) is 24.1 Å². The van der Waals surface area contributed by atoms with Gasteiger partial charge < -0.3 is 5.32 Å². The fourth-order valence-corrected chi connectivity index (χ4v) is 7.12. The van der Waals surface area contributed by atoms with Crippen molar-refractivity contribution in [2.24, 2.45) is 11.8 Å². The molecule has 0 saturated carbocycles. The van der Waals surface area contributed by atoms with Crippen molar-refractivity contribution in [3.8, 4) is 0 Å². The molecule has 3 aromatic carbocycles. The average molecular weight is 556 g/mol. The van der Waals surface area contributed by atoms with Crippen LogP contribution in [0.5, 0.6) is 0 Å². The number of halogens is 3. The number of carbonyl (C=O) groups excluding carboxylic acids is 3. The summed E-state index contributed by atoms with van der Waals surface area (Å²) >= 11 is 18.1. The van der Waals surface area contributed by atoms with Crippen LogP contribution in [0.2, 0.25) is 0 Å². The van der Waals surface area contributed by atoms with E-state index in [-0.39, 0.29) is 0 Å². The lowest BCUT2D eigenvalue weighted by atomic mass is 9.54. The van der Waals surface area contributed by atoms with Gasteiger partial charge in [0.05, 0.1) is 11.8 Å². The van der Waals surface area contributed by atoms with Gasteiger partial charge in [-0.25, -0.2) is 0 Å². The van der Waals surface area contributed by atoms with E-state index in [9.17, 15) is 14.4 Å². The lowest BCUT2D eigenvalue weighted by molar-refractivity contribution is -0.142. The predicted octanol–water partition coefficient (Wildman–Crippen LogP) is 4.98. The van der Waals surface area contributed by atoms with E-state index in [0.29, 0.717) is 5.69 Å². The Kier molecular flexibility index (Phi) is 4.76. The molecule has 8 heteroatoms. The van der Waals surface area contributed by atoms with Crippen LogP contribution in [0, 0.1) is 11.8 Å². The third kappa shape index (κ3) is 2.70. The number of imide groups is 1. The Morgan fingerprint density at radius 3 is 1.62 bits per heavy atom. The Morgan fingerprint density at radius 2 is 1.21 bits per heavy atom. The van der Waals surface area contributed by atoms with Gasteiger partial charge in [-0.15, -0.1) is 23.2 Å². The first-order chi connectivity index (χ1) is 16.3. The van der Waals surface area contributed by atoms with E-state index in [1.54, 1.807) is 24.3 Å². The third-order valence-corrected chi connectivity index (χ3v) is 8.92. The van der Waals surface area contributed by atoms with E-state index in [1.807, 2.05) is 48.5 Å². The van der Waals surface area contributed by atoms with Gasteiger partial charge in [-0.05, 0) is 46.5 Å². The maximum atomic E-state index is 13.7. The molecular formula is C26H17BrCl2N2O3. The summed E-state index contributed by atoms with van der Waals surface area (Å²) in [6.45, 7) is -0.409. The fourth-order valence-electron chi connectivity index (χ4n) is 5.76. The molecule has 0 aromatic heterocycles. The molecule has 5 nitrogen and oxygen atoms in total. The minimum Gasteiger partial charge on any atom is -0.325 e. The van der Waals surface area contributed by atoms with Gasteiger partial charge in [-0.3, -0.25) is 19.3 Å². The highest BCUT2D eigenvalue weighted by atomic mass is 79.9. The second-order valence-electron chi connectivity index (χ2n) is 8.79. The van der Waals surface area contributed by atoms with Crippen molar-refractivity contribution in [2.75, 3.05) is 11.9 Å². The van der Waals surface area contributed by atoms with E-state index in [1.165, 1.54) is 0 Å². The molecule has 0 radical (unpaired) electrons. The largest absolute Gasteiger partial charge is 0.325 e. The van der Waals surface area contributed by atoms with Gasteiger partial charge in [0.15, 0.2) is 0 Å². The van der Waals surface area contributed by atoms with Crippen molar-refractivity contribution in [3.05, 3.63) is 99.5 Å².